The number of aliphatic imine (C=N–C) groups is 1. The van der Waals surface area contributed by atoms with Crippen LogP contribution in [-0.2, 0) is 38.8 Å². The second-order valence-electron chi connectivity index (χ2n) is 18.4. The zero-order valence-electron chi connectivity index (χ0n) is 38.5. The number of benzene rings is 4. The number of amides is 2. The normalized spacial score (nSPS) is 22.0. The fourth-order valence-electron chi connectivity index (χ4n) is 10.4. The maximum Gasteiger partial charge on any atom is 0.307 e. The van der Waals surface area contributed by atoms with Crippen molar-refractivity contribution >= 4 is 58.3 Å². The number of methoxy groups -OCH3 is 2. The summed E-state index contributed by atoms with van der Waals surface area (Å²) in [6.45, 7) is 3.34. The standard InChI is InChI=1S/C53H53N5O10/c1-53-16-8-7-11-34(53)22-37-28-55-41-26-48(46(65-4)24-39(41)52(63)58(37)53)67-30-32-18-31(19-35(20-32)56(2)17-9-13-49(61)68-50-43(59)14-15-44(50)60)29-66-47-25-40-38(23-45(47)64-3)51(62)57-36(27-54-40)21-33-10-5-6-12-42(33)57/h5-8,10-12,16,18-20,23-26,28,34,36-37,50,54H,9,13-15,17,21-22,27,29-30H2,1-4H3/t34?,36-,37-,53?/m0/s1. The molecule has 68 heavy (non-hydrogen) atoms. The first-order valence-corrected chi connectivity index (χ1v) is 23.1. The maximum absolute atomic E-state index is 14.3. The second kappa shape index (κ2) is 18.0. The lowest BCUT2D eigenvalue weighted by atomic mass is 9.82. The number of Topliss-reactive ketones (excluding diaryl/α,β-unsaturated/α-hetero) is 2. The SMILES string of the molecule is COc1cc2c(cc1OCc1cc(COc3cc4c(cc3OC)C(=O)N3c5ccccc5C[C@H]3CN4)cc(N(C)CCCC(=O)OC3C(=O)CCC3=O)c1)N=C[C@@H]1CC3C=CC=CC3(C)N1C2=O. The zero-order valence-corrected chi connectivity index (χ0v) is 38.5. The number of anilines is 3. The molecule has 15 nitrogen and oxygen atoms in total. The number of para-hydroxylation sites is 1. The van der Waals surface area contributed by atoms with Crippen molar-refractivity contribution in [2.75, 3.05) is 49.5 Å². The number of hydrogen-bond acceptors (Lipinski definition) is 13. The quantitative estimate of drug-likeness (QED) is 0.0989. The van der Waals surface area contributed by atoms with E-state index in [-0.39, 0.29) is 73.9 Å². The minimum Gasteiger partial charge on any atom is -0.493 e. The van der Waals surface area contributed by atoms with Crippen LogP contribution in [0.2, 0.25) is 0 Å². The van der Waals surface area contributed by atoms with Crippen LogP contribution in [0.1, 0.15) is 76.4 Å². The van der Waals surface area contributed by atoms with Crippen molar-refractivity contribution in [2.45, 2.75) is 82.4 Å². The number of carbonyl (C=O) groups is 5. The molecule has 2 fully saturated rings. The topological polar surface area (TPSA) is 166 Å². The van der Waals surface area contributed by atoms with Gasteiger partial charge in [0.05, 0.1) is 54.3 Å². The Morgan fingerprint density at radius 1 is 0.853 bits per heavy atom. The number of fused-ring (bicyclic) bond motifs is 8. The van der Waals surface area contributed by atoms with Gasteiger partial charge in [-0.2, -0.15) is 0 Å². The third-order valence-electron chi connectivity index (χ3n) is 14.0. The minimum atomic E-state index is -1.30. The summed E-state index contributed by atoms with van der Waals surface area (Å²) < 4.78 is 29.9. The van der Waals surface area contributed by atoms with E-state index in [0.717, 1.165) is 40.9 Å². The average Bonchev–Trinajstić information content (AvgIpc) is 3.92. The van der Waals surface area contributed by atoms with Crippen LogP contribution in [0.4, 0.5) is 22.7 Å². The summed E-state index contributed by atoms with van der Waals surface area (Å²) in [6.07, 6.45) is 11.0. The number of nitrogens with one attached hydrogen (secondary N) is 1. The van der Waals surface area contributed by atoms with Crippen molar-refractivity contribution in [2.24, 2.45) is 10.9 Å². The Morgan fingerprint density at radius 3 is 2.29 bits per heavy atom. The first kappa shape index (κ1) is 44.4. The largest absolute Gasteiger partial charge is 0.493 e. The van der Waals surface area contributed by atoms with Gasteiger partial charge >= 0.3 is 5.97 Å². The molecule has 0 aromatic heterocycles. The van der Waals surface area contributed by atoms with Gasteiger partial charge in [-0.05, 0) is 79.3 Å². The second-order valence-corrected chi connectivity index (χ2v) is 18.4. The van der Waals surface area contributed by atoms with Crippen LogP contribution in [0.15, 0.2) is 96.0 Å². The first-order valence-electron chi connectivity index (χ1n) is 23.1. The van der Waals surface area contributed by atoms with E-state index in [0.29, 0.717) is 65.0 Å². The predicted molar refractivity (Wildman–Crippen MR) is 255 cm³/mol. The molecular weight excluding hydrogens is 867 g/mol. The summed E-state index contributed by atoms with van der Waals surface area (Å²) in [7, 11) is 4.99. The molecule has 15 heteroatoms. The average molecular weight is 920 g/mol. The molecule has 4 aliphatic heterocycles. The molecule has 6 aliphatic rings. The van der Waals surface area contributed by atoms with Crippen LogP contribution >= 0.6 is 0 Å². The van der Waals surface area contributed by atoms with Gasteiger partial charge in [-0.25, -0.2) is 0 Å². The highest BCUT2D eigenvalue weighted by Gasteiger charge is 2.51. The van der Waals surface area contributed by atoms with Gasteiger partial charge in [0.25, 0.3) is 11.8 Å². The molecule has 1 saturated carbocycles. The summed E-state index contributed by atoms with van der Waals surface area (Å²) in [6, 6.07) is 20.7. The van der Waals surface area contributed by atoms with Gasteiger partial charge in [0.1, 0.15) is 13.2 Å². The fraction of sp³-hybridized carbons (Fsp3) is 0.358. The minimum absolute atomic E-state index is 0.0229. The van der Waals surface area contributed by atoms with E-state index in [1.54, 1.807) is 32.4 Å². The van der Waals surface area contributed by atoms with Crippen molar-refractivity contribution in [1.29, 1.82) is 0 Å². The summed E-state index contributed by atoms with van der Waals surface area (Å²) in [5, 5.41) is 3.49. The van der Waals surface area contributed by atoms with Crippen LogP contribution in [0.25, 0.3) is 0 Å². The zero-order chi connectivity index (χ0) is 47.3. The Morgan fingerprint density at radius 2 is 1.56 bits per heavy atom. The Balaban J connectivity index is 0.893. The Hall–Kier alpha value is -7.42. The third kappa shape index (κ3) is 8.13. The van der Waals surface area contributed by atoms with E-state index >= 15 is 0 Å². The van der Waals surface area contributed by atoms with Crippen molar-refractivity contribution in [3.8, 4) is 23.0 Å². The van der Waals surface area contributed by atoms with Gasteiger partial charge < -0.3 is 43.7 Å². The van der Waals surface area contributed by atoms with Gasteiger partial charge in [0.2, 0.25) is 6.10 Å². The van der Waals surface area contributed by atoms with Crippen molar-refractivity contribution in [3.05, 3.63) is 119 Å². The number of carbonyl (C=O) groups excluding carboxylic acids is 5. The van der Waals surface area contributed by atoms with Crippen LogP contribution in [-0.4, -0.2) is 98.5 Å². The molecule has 4 aromatic carbocycles. The molecule has 350 valence electrons. The molecule has 1 saturated heterocycles. The number of hydrogen-bond donors (Lipinski definition) is 1. The molecule has 0 radical (unpaired) electrons. The highest BCUT2D eigenvalue weighted by molar-refractivity contribution is 6.13. The highest BCUT2D eigenvalue weighted by Crippen LogP contribution is 2.47. The monoisotopic (exact) mass is 919 g/mol. The number of ether oxygens (including phenoxy) is 5. The van der Waals surface area contributed by atoms with E-state index in [9.17, 15) is 24.0 Å². The van der Waals surface area contributed by atoms with E-state index < -0.39 is 17.6 Å². The maximum atomic E-state index is 14.3. The van der Waals surface area contributed by atoms with Crippen molar-refractivity contribution < 1.29 is 47.7 Å². The predicted octanol–water partition coefficient (Wildman–Crippen LogP) is 7.35. The van der Waals surface area contributed by atoms with E-state index in [4.69, 9.17) is 28.7 Å². The Labute approximate surface area is 394 Å². The van der Waals surface area contributed by atoms with E-state index in [1.165, 1.54) is 0 Å². The third-order valence-corrected chi connectivity index (χ3v) is 14.0. The number of esters is 1. The number of ketones is 2. The van der Waals surface area contributed by atoms with E-state index in [2.05, 4.69) is 30.5 Å². The van der Waals surface area contributed by atoms with Crippen LogP contribution in [0.5, 0.6) is 23.0 Å². The Kier molecular flexibility index (Phi) is 11.8. The van der Waals surface area contributed by atoms with E-state index in [1.807, 2.05) is 82.6 Å². The fourth-order valence-corrected chi connectivity index (χ4v) is 10.4. The number of allylic oxidation sites excluding steroid dienone is 2. The molecule has 4 atom stereocenters. The summed E-state index contributed by atoms with van der Waals surface area (Å²) in [4.78, 5) is 75.8. The lowest BCUT2D eigenvalue weighted by molar-refractivity contribution is -0.157. The summed E-state index contributed by atoms with van der Waals surface area (Å²) in [5.74, 6) is 0.314. The molecule has 2 unspecified atom stereocenters. The van der Waals surface area contributed by atoms with Crippen LogP contribution in [0.3, 0.4) is 0 Å². The lowest BCUT2D eigenvalue weighted by Gasteiger charge is -2.38. The summed E-state index contributed by atoms with van der Waals surface area (Å²) in [5.41, 5.74) is 6.07. The molecular formula is C53H53N5O10. The lowest BCUT2D eigenvalue weighted by Crippen LogP contribution is -2.50. The van der Waals surface area contributed by atoms with Crippen LogP contribution < -0.4 is 34.1 Å². The molecule has 2 aliphatic carbocycles. The van der Waals surface area contributed by atoms with Crippen molar-refractivity contribution in [1.82, 2.24) is 4.90 Å². The molecule has 10 rings (SSSR count). The number of nitrogens with zero attached hydrogens (tertiary/aromatic N) is 4. The van der Waals surface area contributed by atoms with Gasteiger partial charge in [-0.3, -0.25) is 29.0 Å². The molecule has 0 spiro atoms. The van der Waals surface area contributed by atoms with Gasteiger partial charge in [0.15, 0.2) is 34.6 Å². The first-order chi connectivity index (χ1) is 32.9. The molecule has 2 amide bonds. The molecule has 4 heterocycles. The van der Waals surface area contributed by atoms with Crippen LogP contribution in [0, 0.1) is 5.92 Å². The van der Waals surface area contributed by atoms with Crippen molar-refractivity contribution in [3.63, 3.8) is 0 Å². The molecule has 1 N–H and O–H groups in total. The van der Waals surface area contributed by atoms with Gasteiger partial charge in [0, 0.05) is 75.0 Å². The Bertz CT molecular complexity index is 2820. The summed E-state index contributed by atoms with van der Waals surface area (Å²) >= 11 is 0. The van der Waals surface area contributed by atoms with Gasteiger partial charge in [-0.15, -0.1) is 0 Å². The molecule has 4 aromatic rings. The number of rotatable bonds is 14. The molecule has 0 bridgehead atoms. The highest BCUT2D eigenvalue weighted by atomic mass is 16.6. The van der Waals surface area contributed by atoms with Gasteiger partial charge in [-0.1, -0.05) is 42.5 Å². The smallest absolute Gasteiger partial charge is 0.307 e.